The van der Waals surface area contributed by atoms with E-state index in [0.29, 0.717) is 4.83 Å². The first-order valence-electron chi connectivity index (χ1n) is 4.38. The molecule has 1 aromatic carbocycles. The van der Waals surface area contributed by atoms with Crippen molar-refractivity contribution in [1.29, 1.82) is 0 Å². The summed E-state index contributed by atoms with van der Waals surface area (Å²) in [5.74, 6) is 0. The minimum absolute atomic E-state index is 0.329. The number of alkyl halides is 1. The van der Waals surface area contributed by atoms with Crippen LogP contribution in [0.3, 0.4) is 0 Å². The molecule has 0 fully saturated rings. The maximum atomic E-state index is 9.78. The molecular formula is C11H15BrO. The summed E-state index contributed by atoms with van der Waals surface area (Å²) in [6.07, 6.45) is 0. The third-order valence-electron chi connectivity index (χ3n) is 2.05. The number of benzene rings is 1. The van der Waals surface area contributed by atoms with Crippen molar-refractivity contribution in [2.24, 2.45) is 0 Å². The van der Waals surface area contributed by atoms with Crippen LogP contribution in [0.2, 0.25) is 0 Å². The predicted molar refractivity (Wildman–Crippen MR) is 59.0 cm³/mol. The van der Waals surface area contributed by atoms with Gasteiger partial charge in [-0.2, -0.15) is 0 Å². The van der Waals surface area contributed by atoms with Crippen molar-refractivity contribution in [3.63, 3.8) is 0 Å². The van der Waals surface area contributed by atoms with Crippen molar-refractivity contribution in [2.75, 3.05) is 0 Å². The lowest BCUT2D eigenvalue weighted by molar-refractivity contribution is 0.0785. The maximum Gasteiger partial charge on any atom is 0.0840 e. The molecule has 1 N–H and O–H groups in total. The molecule has 1 rings (SSSR count). The Labute approximate surface area is 87.9 Å². The zero-order valence-corrected chi connectivity index (χ0v) is 9.80. The fourth-order valence-corrected chi connectivity index (χ4v) is 1.45. The van der Waals surface area contributed by atoms with E-state index >= 15 is 0 Å². The van der Waals surface area contributed by atoms with Gasteiger partial charge in [0.2, 0.25) is 0 Å². The number of hydrogen-bond acceptors (Lipinski definition) is 1. The molecule has 1 atom stereocenters. The summed E-state index contributed by atoms with van der Waals surface area (Å²) in [6, 6.07) is 7.99. The Morgan fingerprint density at radius 3 is 2.46 bits per heavy atom. The Hall–Kier alpha value is -0.340. The Bertz CT molecular complexity index is 286. The standard InChI is InChI=1S/C11H15BrO/c1-8(12)9-5-4-6-10(7-9)11(2,3)13/h4-8,13H,1-3H3. The molecule has 1 unspecified atom stereocenters. The third kappa shape index (κ3) is 2.82. The van der Waals surface area contributed by atoms with Crippen molar-refractivity contribution in [3.8, 4) is 0 Å². The van der Waals surface area contributed by atoms with E-state index in [1.165, 1.54) is 5.56 Å². The second-order valence-corrected chi connectivity index (χ2v) is 5.17. The number of rotatable bonds is 2. The molecule has 0 aliphatic carbocycles. The van der Waals surface area contributed by atoms with Gasteiger partial charge in [-0.1, -0.05) is 40.2 Å². The molecule has 0 amide bonds. The molecule has 72 valence electrons. The third-order valence-corrected chi connectivity index (χ3v) is 2.58. The quantitative estimate of drug-likeness (QED) is 0.789. The second-order valence-electron chi connectivity index (χ2n) is 3.80. The van der Waals surface area contributed by atoms with Gasteiger partial charge in [-0.05, 0) is 31.9 Å². The van der Waals surface area contributed by atoms with Gasteiger partial charge in [-0.15, -0.1) is 0 Å². The summed E-state index contributed by atoms with van der Waals surface area (Å²) in [4.78, 5) is 0.329. The van der Waals surface area contributed by atoms with Crippen LogP contribution in [-0.2, 0) is 5.60 Å². The molecule has 2 heteroatoms. The summed E-state index contributed by atoms with van der Waals surface area (Å²) in [7, 11) is 0. The normalized spacial score (nSPS) is 14.2. The van der Waals surface area contributed by atoms with Crippen LogP contribution in [0.15, 0.2) is 24.3 Å². The van der Waals surface area contributed by atoms with Crippen molar-refractivity contribution < 1.29 is 5.11 Å². The van der Waals surface area contributed by atoms with Gasteiger partial charge in [-0.25, -0.2) is 0 Å². The van der Waals surface area contributed by atoms with Crippen molar-refractivity contribution in [3.05, 3.63) is 35.4 Å². The molecule has 13 heavy (non-hydrogen) atoms. The monoisotopic (exact) mass is 242 g/mol. The molecule has 0 aromatic heterocycles. The van der Waals surface area contributed by atoms with E-state index in [1.807, 2.05) is 18.2 Å². The van der Waals surface area contributed by atoms with E-state index in [4.69, 9.17) is 0 Å². The minimum Gasteiger partial charge on any atom is -0.386 e. The van der Waals surface area contributed by atoms with Gasteiger partial charge in [-0.3, -0.25) is 0 Å². The smallest absolute Gasteiger partial charge is 0.0840 e. The molecular weight excluding hydrogens is 228 g/mol. The summed E-state index contributed by atoms with van der Waals surface area (Å²) in [5.41, 5.74) is 1.40. The van der Waals surface area contributed by atoms with Crippen LogP contribution in [0.1, 0.15) is 36.7 Å². The molecule has 0 saturated carbocycles. The average molecular weight is 243 g/mol. The van der Waals surface area contributed by atoms with Crippen LogP contribution in [0.4, 0.5) is 0 Å². The summed E-state index contributed by atoms with van der Waals surface area (Å²) >= 11 is 3.50. The van der Waals surface area contributed by atoms with E-state index in [1.54, 1.807) is 13.8 Å². The van der Waals surface area contributed by atoms with Gasteiger partial charge in [0.25, 0.3) is 0 Å². The van der Waals surface area contributed by atoms with Crippen LogP contribution >= 0.6 is 15.9 Å². The summed E-state index contributed by atoms with van der Waals surface area (Å²) in [6.45, 7) is 5.67. The highest BCUT2D eigenvalue weighted by Gasteiger charge is 2.16. The fourth-order valence-electron chi connectivity index (χ4n) is 1.17. The number of aliphatic hydroxyl groups is 1. The first kappa shape index (κ1) is 10.7. The van der Waals surface area contributed by atoms with Gasteiger partial charge in [0.05, 0.1) is 5.60 Å². The molecule has 0 aliphatic heterocycles. The first-order chi connectivity index (χ1) is 5.91. The number of hydrogen-bond donors (Lipinski definition) is 1. The fraction of sp³-hybridized carbons (Fsp3) is 0.455. The molecule has 0 heterocycles. The zero-order chi connectivity index (χ0) is 10.1. The Kier molecular flexibility index (Phi) is 3.14. The highest BCUT2D eigenvalue weighted by Crippen LogP contribution is 2.26. The molecule has 0 bridgehead atoms. The molecule has 0 radical (unpaired) electrons. The van der Waals surface area contributed by atoms with Crippen LogP contribution in [-0.4, -0.2) is 5.11 Å². The van der Waals surface area contributed by atoms with Gasteiger partial charge >= 0.3 is 0 Å². The zero-order valence-electron chi connectivity index (χ0n) is 8.21. The van der Waals surface area contributed by atoms with E-state index in [0.717, 1.165) is 5.56 Å². The van der Waals surface area contributed by atoms with Gasteiger partial charge in [0, 0.05) is 4.83 Å². The summed E-state index contributed by atoms with van der Waals surface area (Å²) in [5, 5.41) is 9.78. The van der Waals surface area contributed by atoms with Crippen molar-refractivity contribution in [1.82, 2.24) is 0 Å². The lowest BCUT2D eigenvalue weighted by Gasteiger charge is -2.19. The van der Waals surface area contributed by atoms with Gasteiger partial charge in [0.1, 0.15) is 0 Å². The topological polar surface area (TPSA) is 20.2 Å². The van der Waals surface area contributed by atoms with Crippen LogP contribution in [0, 0.1) is 0 Å². The lowest BCUT2D eigenvalue weighted by Crippen LogP contribution is -2.15. The molecule has 1 nitrogen and oxygen atoms in total. The van der Waals surface area contributed by atoms with Crippen LogP contribution < -0.4 is 0 Å². The molecule has 0 aliphatic rings. The Balaban J connectivity index is 3.06. The molecule has 1 aromatic rings. The molecule has 0 spiro atoms. The van der Waals surface area contributed by atoms with Crippen LogP contribution in [0.25, 0.3) is 0 Å². The van der Waals surface area contributed by atoms with Gasteiger partial charge < -0.3 is 5.11 Å². The van der Waals surface area contributed by atoms with Crippen molar-refractivity contribution >= 4 is 15.9 Å². The molecule has 0 saturated heterocycles. The maximum absolute atomic E-state index is 9.78. The van der Waals surface area contributed by atoms with E-state index in [9.17, 15) is 5.11 Å². The lowest BCUT2D eigenvalue weighted by atomic mass is 9.96. The first-order valence-corrected chi connectivity index (χ1v) is 5.29. The summed E-state index contributed by atoms with van der Waals surface area (Å²) < 4.78 is 0. The Morgan fingerprint density at radius 1 is 1.38 bits per heavy atom. The SMILES string of the molecule is CC(Br)c1cccc(C(C)(C)O)c1. The Morgan fingerprint density at radius 2 is 2.00 bits per heavy atom. The van der Waals surface area contributed by atoms with E-state index in [2.05, 4.69) is 28.9 Å². The largest absolute Gasteiger partial charge is 0.386 e. The predicted octanol–water partition coefficient (Wildman–Crippen LogP) is 3.37. The highest BCUT2D eigenvalue weighted by molar-refractivity contribution is 9.09. The van der Waals surface area contributed by atoms with E-state index in [-0.39, 0.29) is 0 Å². The van der Waals surface area contributed by atoms with Crippen molar-refractivity contribution in [2.45, 2.75) is 31.2 Å². The minimum atomic E-state index is -0.752. The van der Waals surface area contributed by atoms with Crippen LogP contribution in [0.5, 0.6) is 0 Å². The second kappa shape index (κ2) is 3.81. The van der Waals surface area contributed by atoms with E-state index < -0.39 is 5.60 Å². The highest BCUT2D eigenvalue weighted by atomic mass is 79.9. The average Bonchev–Trinajstić information content (AvgIpc) is 2.03. The van der Waals surface area contributed by atoms with Gasteiger partial charge in [0.15, 0.2) is 0 Å². The number of halogens is 1.